The van der Waals surface area contributed by atoms with Gasteiger partial charge in [-0.2, -0.15) is 0 Å². The second kappa shape index (κ2) is 5.13. The first-order valence-corrected chi connectivity index (χ1v) is 5.88. The first kappa shape index (κ1) is 11.2. The fraction of sp³-hybridized carbons (Fsp3) is 0.667. The Morgan fingerprint density at radius 3 is 3.12 bits per heavy atom. The Bertz CT molecular complexity index is 410. The molecule has 1 aromatic heterocycles. The van der Waals surface area contributed by atoms with Gasteiger partial charge in [-0.1, -0.05) is 5.92 Å². The molecule has 4 heteroatoms. The van der Waals surface area contributed by atoms with Crippen molar-refractivity contribution in [2.45, 2.75) is 45.7 Å². The van der Waals surface area contributed by atoms with Crippen LogP contribution in [0.2, 0.25) is 0 Å². The van der Waals surface area contributed by atoms with Crippen LogP contribution in [0.1, 0.15) is 44.4 Å². The average Bonchev–Trinajstić information content (AvgIpc) is 2.73. The molecule has 1 unspecified atom stereocenters. The molecule has 0 spiro atoms. The molecule has 0 saturated carbocycles. The predicted octanol–water partition coefficient (Wildman–Crippen LogP) is 1.29. The molecule has 0 saturated heterocycles. The minimum Gasteiger partial charge on any atom is -0.314 e. The number of nitrogens with zero attached hydrogens (tertiary/aromatic N) is 3. The van der Waals surface area contributed by atoms with Gasteiger partial charge in [0.1, 0.15) is 11.6 Å². The maximum absolute atomic E-state index is 4.28. The van der Waals surface area contributed by atoms with Crippen molar-refractivity contribution in [3.63, 3.8) is 0 Å². The molecule has 1 atom stereocenters. The van der Waals surface area contributed by atoms with Gasteiger partial charge in [0.05, 0.1) is 12.6 Å². The highest BCUT2D eigenvalue weighted by Gasteiger charge is 2.19. The molecule has 2 heterocycles. The van der Waals surface area contributed by atoms with Crippen molar-refractivity contribution in [3.05, 3.63) is 11.6 Å². The molecule has 0 bridgehead atoms. The Kier molecular flexibility index (Phi) is 3.58. The van der Waals surface area contributed by atoms with Gasteiger partial charge in [-0.15, -0.1) is 16.1 Å². The summed E-state index contributed by atoms with van der Waals surface area (Å²) in [6.45, 7) is 5.73. The van der Waals surface area contributed by atoms with Gasteiger partial charge in [-0.25, -0.2) is 0 Å². The van der Waals surface area contributed by atoms with E-state index in [4.69, 9.17) is 0 Å². The van der Waals surface area contributed by atoms with Crippen LogP contribution in [-0.2, 0) is 13.0 Å². The zero-order chi connectivity index (χ0) is 11.4. The summed E-state index contributed by atoms with van der Waals surface area (Å²) in [5.41, 5.74) is 0. The summed E-state index contributed by atoms with van der Waals surface area (Å²) in [6.07, 6.45) is 3.54. The maximum atomic E-state index is 4.28. The minimum atomic E-state index is 0.222. The number of rotatable bonds is 3. The van der Waals surface area contributed by atoms with Gasteiger partial charge >= 0.3 is 0 Å². The highest BCUT2D eigenvalue weighted by molar-refractivity contribution is 5.04. The second-order valence-corrected chi connectivity index (χ2v) is 4.11. The molecule has 1 aliphatic rings. The van der Waals surface area contributed by atoms with Crippen LogP contribution in [0.5, 0.6) is 0 Å². The summed E-state index contributed by atoms with van der Waals surface area (Å²) in [7, 11) is 0. The summed E-state index contributed by atoms with van der Waals surface area (Å²) in [5, 5.41) is 11.9. The molecular formula is C12H18N4. The summed E-state index contributed by atoms with van der Waals surface area (Å²) < 4.78 is 2.25. The summed E-state index contributed by atoms with van der Waals surface area (Å²) in [6, 6.07) is 0.222. The average molecular weight is 218 g/mol. The summed E-state index contributed by atoms with van der Waals surface area (Å²) >= 11 is 0. The Morgan fingerprint density at radius 1 is 1.44 bits per heavy atom. The second-order valence-electron chi connectivity index (χ2n) is 4.11. The van der Waals surface area contributed by atoms with Crippen molar-refractivity contribution in [1.29, 1.82) is 0 Å². The van der Waals surface area contributed by atoms with E-state index in [1.165, 1.54) is 12.8 Å². The molecule has 1 N–H and O–H groups in total. The lowest BCUT2D eigenvalue weighted by molar-refractivity contribution is 0.475. The third-order valence-corrected chi connectivity index (χ3v) is 2.95. The lowest BCUT2D eigenvalue weighted by Crippen LogP contribution is -2.24. The highest BCUT2D eigenvalue weighted by atomic mass is 15.3. The number of nitrogens with one attached hydrogen (secondary N) is 1. The van der Waals surface area contributed by atoms with Crippen LogP contribution < -0.4 is 5.32 Å². The lowest BCUT2D eigenvalue weighted by Gasteiger charge is -2.18. The van der Waals surface area contributed by atoms with Crippen molar-refractivity contribution in [1.82, 2.24) is 20.1 Å². The zero-order valence-corrected chi connectivity index (χ0v) is 9.95. The van der Waals surface area contributed by atoms with Crippen molar-refractivity contribution in [2.75, 3.05) is 6.54 Å². The summed E-state index contributed by atoms with van der Waals surface area (Å²) in [5.74, 6) is 8.06. The monoisotopic (exact) mass is 218 g/mol. The molecule has 0 amide bonds. The van der Waals surface area contributed by atoms with E-state index in [9.17, 15) is 0 Å². The number of fused-ring (bicyclic) bond motifs is 1. The van der Waals surface area contributed by atoms with Gasteiger partial charge < -0.3 is 4.57 Å². The molecule has 1 aromatic rings. The molecule has 16 heavy (non-hydrogen) atoms. The van der Waals surface area contributed by atoms with Crippen molar-refractivity contribution < 1.29 is 0 Å². The van der Waals surface area contributed by atoms with Gasteiger partial charge in [0.25, 0.3) is 0 Å². The number of aryl methyl sites for hydroxylation is 1. The van der Waals surface area contributed by atoms with Crippen LogP contribution in [0, 0.1) is 11.8 Å². The van der Waals surface area contributed by atoms with Crippen LogP contribution in [0.4, 0.5) is 0 Å². The number of aromatic nitrogens is 3. The van der Waals surface area contributed by atoms with E-state index in [2.05, 4.69) is 38.8 Å². The van der Waals surface area contributed by atoms with Crippen LogP contribution in [0.15, 0.2) is 0 Å². The van der Waals surface area contributed by atoms with Crippen LogP contribution in [0.25, 0.3) is 0 Å². The SMILES string of the molecule is CC#CCNC(C)c1nnc2n1CCCC2. The molecule has 0 fully saturated rings. The topological polar surface area (TPSA) is 42.7 Å². The lowest BCUT2D eigenvalue weighted by atomic mass is 10.1. The highest BCUT2D eigenvalue weighted by Crippen LogP contribution is 2.18. The first-order valence-electron chi connectivity index (χ1n) is 5.88. The van der Waals surface area contributed by atoms with Crippen LogP contribution >= 0.6 is 0 Å². The van der Waals surface area contributed by atoms with Gasteiger partial charge in [-0.3, -0.25) is 5.32 Å². The zero-order valence-electron chi connectivity index (χ0n) is 9.95. The fourth-order valence-corrected chi connectivity index (χ4v) is 2.03. The van der Waals surface area contributed by atoms with Crippen molar-refractivity contribution in [3.8, 4) is 11.8 Å². The molecule has 0 aliphatic carbocycles. The van der Waals surface area contributed by atoms with Gasteiger partial charge in [0.15, 0.2) is 0 Å². The van der Waals surface area contributed by atoms with Crippen LogP contribution in [-0.4, -0.2) is 21.3 Å². The molecule has 86 valence electrons. The van der Waals surface area contributed by atoms with Crippen LogP contribution in [0.3, 0.4) is 0 Å². The predicted molar refractivity (Wildman–Crippen MR) is 62.8 cm³/mol. The quantitative estimate of drug-likeness (QED) is 0.777. The third kappa shape index (κ3) is 2.25. The molecule has 0 aromatic carbocycles. The standard InChI is InChI=1S/C12H18N4/c1-3-4-8-13-10(2)12-15-14-11-7-5-6-9-16(11)12/h10,13H,5-9H2,1-2H3. The Labute approximate surface area is 96.5 Å². The molecule has 2 rings (SSSR count). The van der Waals surface area contributed by atoms with E-state index in [1.807, 2.05) is 6.92 Å². The normalized spacial score (nSPS) is 16.1. The van der Waals surface area contributed by atoms with E-state index >= 15 is 0 Å². The number of hydrogen-bond acceptors (Lipinski definition) is 3. The Hall–Kier alpha value is -1.34. The van der Waals surface area contributed by atoms with E-state index in [0.717, 1.165) is 24.6 Å². The van der Waals surface area contributed by atoms with E-state index in [-0.39, 0.29) is 6.04 Å². The molecule has 0 radical (unpaired) electrons. The minimum absolute atomic E-state index is 0.222. The van der Waals surface area contributed by atoms with Crippen molar-refractivity contribution >= 4 is 0 Å². The fourth-order valence-electron chi connectivity index (χ4n) is 2.03. The number of hydrogen-bond donors (Lipinski definition) is 1. The Balaban J connectivity index is 2.07. The van der Waals surface area contributed by atoms with E-state index < -0.39 is 0 Å². The van der Waals surface area contributed by atoms with E-state index in [1.54, 1.807) is 0 Å². The van der Waals surface area contributed by atoms with Crippen molar-refractivity contribution in [2.24, 2.45) is 0 Å². The molecule has 1 aliphatic heterocycles. The molecular weight excluding hydrogens is 200 g/mol. The smallest absolute Gasteiger partial charge is 0.149 e. The largest absolute Gasteiger partial charge is 0.314 e. The third-order valence-electron chi connectivity index (χ3n) is 2.95. The maximum Gasteiger partial charge on any atom is 0.149 e. The summed E-state index contributed by atoms with van der Waals surface area (Å²) in [4.78, 5) is 0. The van der Waals surface area contributed by atoms with E-state index in [0.29, 0.717) is 6.54 Å². The molecule has 4 nitrogen and oxygen atoms in total. The first-order chi connectivity index (χ1) is 7.83. The van der Waals surface area contributed by atoms with Gasteiger partial charge in [0.2, 0.25) is 0 Å². The van der Waals surface area contributed by atoms with Gasteiger partial charge in [0, 0.05) is 13.0 Å². The Morgan fingerprint density at radius 2 is 2.31 bits per heavy atom. The van der Waals surface area contributed by atoms with Gasteiger partial charge in [-0.05, 0) is 26.7 Å².